The van der Waals surface area contributed by atoms with Crippen LogP contribution in [0.15, 0.2) is 23.1 Å². The average molecular weight is 379 g/mol. The van der Waals surface area contributed by atoms with Gasteiger partial charge >= 0.3 is 0 Å². The van der Waals surface area contributed by atoms with Gasteiger partial charge in [0.05, 0.1) is 10.6 Å². The summed E-state index contributed by atoms with van der Waals surface area (Å²) in [6.45, 7) is 1.09. The molecule has 1 aliphatic carbocycles. The molecule has 1 aromatic rings. The molecule has 2 heterocycles. The topological polar surface area (TPSA) is 105 Å². The van der Waals surface area contributed by atoms with Crippen molar-refractivity contribution in [2.75, 3.05) is 25.0 Å². The van der Waals surface area contributed by atoms with Gasteiger partial charge in [0.25, 0.3) is 5.91 Å². The molecule has 26 heavy (non-hydrogen) atoms. The number of nitrogens with zero attached hydrogens (tertiary/aromatic N) is 1. The van der Waals surface area contributed by atoms with Gasteiger partial charge in [-0.15, -0.1) is 0 Å². The van der Waals surface area contributed by atoms with Crippen LogP contribution in [0.5, 0.6) is 5.75 Å². The smallest absolute Gasteiger partial charge is 0.262 e. The Labute approximate surface area is 151 Å². The molecule has 0 atom stereocenters. The quantitative estimate of drug-likeness (QED) is 0.801. The van der Waals surface area contributed by atoms with E-state index in [4.69, 9.17) is 4.74 Å². The molecule has 4 rings (SSSR count). The van der Waals surface area contributed by atoms with Crippen LogP contribution >= 0.6 is 0 Å². The minimum absolute atomic E-state index is 0.0739. The second-order valence-corrected chi connectivity index (χ2v) is 8.70. The van der Waals surface area contributed by atoms with Crippen molar-refractivity contribution in [3.05, 3.63) is 18.2 Å². The number of hydrogen-bond donors (Lipinski definition) is 2. The summed E-state index contributed by atoms with van der Waals surface area (Å²) in [7, 11) is -3.71. The largest absolute Gasteiger partial charge is 0.482 e. The summed E-state index contributed by atoms with van der Waals surface area (Å²) in [5.74, 6) is 0.538. The number of amides is 2. The minimum atomic E-state index is -3.71. The van der Waals surface area contributed by atoms with Crippen LogP contribution in [0.25, 0.3) is 0 Å². The molecule has 0 spiro atoms. The second-order valence-electron chi connectivity index (χ2n) is 6.99. The first kappa shape index (κ1) is 17.3. The summed E-state index contributed by atoms with van der Waals surface area (Å²) in [6, 6.07) is 4.20. The fraction of sp³-hybridized carbons (Fsp3) is 0.529. The number of piperidine rings is 1. The molecule has 2 fully saturated rings. The highest BCUT2D eigenvalue weighted by Crippen LogP contribution is 2.32. The van der Waals surface area contributed by atoms with Crippen LogP contribution in [-0.2, 0) is 19.6 Å². The van der Waals surface area contributed by atoms with E-state index < -0.39 is 10.0 Å². The third kappa shape index (κ3) is 3.54. The summed E-state index contributed by atoms with van der Waals surface area (Å²) in [5, 5.41) is 2.61. The van der Waals surface area contributed by atoms with E-state index in [1.807, 2.05) is 4.90 Å². The highest BCUT2D eigenvalue weighted by Gasteiger charge is 2.35. The lowest BCUT2D eigenvalue weighted by Crippen LogP contribution is -2.46. The maximum absolute atomic E-state index is 12.7. The molecule has 3 aliphatic rings. The molecule has 0 unspecified atom stereocenters. The van der Waals surface area contributed by atoms with Gasteiger partial charge in [0, 0.05) is 25.0 Å². The van der Waals surface area contributed by atoms with Gasteiger partial charge in [-0.3, -0.25) is 9.59 Å². The van der Waals surface area contributed by atoms with E-state index in [9.17, 15) is 18.0 Å². The van der Waals surface area contributed by atoms with E-state index in [1.54, 1.807) is 6.07 Å². The molecule has 2 amide bonds. The number of benzene rings is 1. The van der Waals surface area contributed by atoms with Gasteiger partial charge in [-0.05, 0) is 43.9 Å². The first-order valence-corrected chi connectivity index (χ1v) is 10.3. The number of likely N-dealkylation sites (tertiary alicyclic amines) is 1. The Bertz CT molecular complexity index is 842. The Balaban J connectivity index is 1.41. The van der Waals surface area contributed by atoms with Gasteiger partial charge in [-0.25, -0.2) is 13.1 Å². The first-order chi connectivity index (χ1) is 12.4. The highest BCUT2D eigenvalue weighted by atomic mass is 32.2. The molecule has 9 heteroatoms. The lowest BCUT2D eigenvalue weighted by Gasteiger charge is -2.32. The molecule has 1 saturated heterocycles. The first-order valence-electron chi connectivity index (χ1n) is 8.80. The third-order valence-corrected chi connectivity index (χ3v) is 6.47. The van der Waals surface area contributed by atoms with E-state index in [-0.39, 0.29) is 35.3 Å². The highest BCUT2D eigenvalue weighted by molar-refractivity contribution is 7.89. The SMILES string of the molecule is O=C1COc2ccc(S(=O)(=O)NC3CCN(C(=O)C4CC4)CC3)cc2N1. The summed E-state index contributed by atoms with van der Waals surface area (Å²) in [5.41, 5.74) is 0.356. The van der Waals surface area contributed by atoms with Crippen molar-refractivity contribution in [2.45, 2.75) is 36.6 Å². The number of rotatable bonds is 4. The average Bonchev–Trinajstić information content (AvgIpc) is 3.46. The van der Waals surface area contributed by atoms with Crippen molar-refractivity contribution in [1.29, 1.82) is 0 Å². The van der Waals surface area contributed by atoms with Crippen LogP contribution in [0.1, 0.15) is 25.7 Å². The zero-order valence-corrected chi connectivity index (χ0v) is 15.0. The predicted octanol–water partition coefficient (Wildman–Crippen LogP) is 0.697. The van der Waals surface area contributed by atoms with Crippen molar-refractivity contribution < 1.29 is 22.7 Å². The van der Waals surface area contributed by atoms with Crippen molar-refractivity contribution in [1.82, 2.24) is 9.62 Å². The molecule has 2 aliphatic heterocycles. The number of sulfonamides is 1. The van der Waals surface area contributed by atoms with Gasteiger partial charge in [0.2, 0.25) is 15.9 Å². The Hall–Kier alpha value is -2.13. The van der Waals surface area contributed by atoms with Gasteiger partial charge in [0.1, 0.15) is 5.75 Å². The lowest BCUT2D eigenvalue weighted by atomic mass is 10.1. The number of ether oxygens (including phenoxy) is 1. The van der Waals surface area contributed by atoms with Crippen molar-refractivity contribution in [3.63, 3.8) is 0 Å². The number of carbonyl (C=O) groups excluding carboxylic acids is 2. The Morgan fingerprint density at radius 3 is 2.62 bits per heavy atom. The maximum Gasteiger partial charge on any atom is 0.262 e. The minimum Gasteiger partial charge on any atom is -0.482 e. The number of fused-ring (bicyclic) bond motifs is 1. The van der Waals surface area contributed by atoms with Crippen molar-refractivity contribution >= 4 is 27.5 Å². The molecule has 0 aromatic heterocycles. The number of carbonyl (C=O) groups is 2. The number of anilines is 1. The van der Waals surface area contributed by atoms with Gasteiger partial charge in [-0.1, -0.05) is 0 Å². The van der Waals surface area contributed by atoms with E-state index in [0.717, 1.165) is 12.8 Å². The normalized spacial score (nSPS) is 20.9. The second kappa shape index (κ2) is 6.55. The molecule has 0 radical (unpaired) electrons. The Morgan fingerprint density at radius 2 is 1.92 bits per heavy atom. The molecular formula is C17H21N3O5S. The fourth-order valence-electron chi connectivity index (χ4n) is 3.32. The van der Waals surface area contributed by atoms with E-state index in [2.05, 4.69) is 10.0 Å². The number of nitrogens with one attached hydrogen (secondary N) is 2. The molecule has 1 saturated carbocycles. The standard InChI is InChI=1S/C17H21N3O5S/c21-16-10-25-15-4-3-13(9-14(15)18-16)26(23,24)19-12-5-7-20(8-6-12)17(22)11-1-2-11/h3-4,9,11-12,19H,1-2,5-8,10H2,(H,18,21). The summed E-state index contributed by atoms with van der Waals surface area (Å²) < 4.78 is 33.3. The molecule has 8 nitrogen and oxygen atoms in total. The van der Waals surface area contributed by atoms with Gasteiger partial charge < -0.3 is 15.0 Å². The molecule has 2 N–H and O–H groups in total. The lowest BCUT2D eigenvalue weighted by molar-refractivity contribution is -0.133. The summed E-state index contributed by atoms with van der Waals surface area (Å²) in [6.07, 6.45) is 3.15. The predicted molar refractivity (Wildman–Crippen MR) is 93.2 cm³/mol. The van der Waals surface area contributed by atoms with Crippen LogP contribution in [0.3, 0.4) is 0 Å². The molecule has 0 bridgehead atoms. The van der Waals surface area contributed by atoms with Crippen molar-refractivity contribution in [3.8, 4) is 5.75 Å². The fourth-order valence-corrected chi connectivity index (χ4v) is 4.65. The maximum atomic E-state index is 12.7. The third-order valence-electron chi connectivity index (χ3n) is 4.95. The van der Waals surface area contributed by atoms with Crippen molar-refractivity contribution in [2.24, 2.45) is 5.92 Å². The van der Waals surface area contributed by atoms with Gasteiger partial charge in [0.15, 0.2) is 6.61 Å². The summed E-state index contributed by atoms with van der Waals surface area (Å²) >= 11 is 0. The van der Waals surface area contributed by atoms with Crippen LogP contribution in [-0.4, -0.2) is 50.9 Å². The summed E-state index contributed by atoms with van der Waals surface area (Å²) in [4.78, 5) is 25.4. The van der Waals surface area contributed by atoms with Crippen LogP contribution < -0.4 is 14.8 Å². The molecule has 1 aromatic carbocycles. The van der Waals surface area contributed by atoms with Crippen LogP contribution in [0.2, 0.25) is 0 Å². The van der Waals surface area contributed by atoms with Gasteiger partial charge in [-0.2, -0.15) is 0 Å². The Kier molecular flexibility index (Phi) is 4.36. The monoisotopic (exact) mass is 379 g/mol. The van der Waals surface area contributed by atoms with E-state index in [0.29, 0.717) is 37.4 Å². The Morgan fingerprint density at radius 1 is 1.19 bits per heavy atom. The zero-order chi connectivity index (χ0) is 18.3. The van der Waals surface area contributed by atoms with Crippen LogP contribution in [0.4, 0.5) is 5.69 Å². The molecule has 140 valence electrons. The molecular weight excluding hydrogens is 358 g/mol. The zero-order valence-electron chi connectivity index (χ0n) is 14.2. The van der Waals surface area contributed by atoms with E-state index in [1.165, 1.54) is 12.1 Å². The van der Waals surface area contributed by atoms with E-state index >= 15 is 0 Å². The van der Waals surface area contributed by atoms with Crippen LogP contribution in [0, 0.1) is 5.92 Å². The number of hydrogen-bond acceptors (Lipinski definition) is 5.